The van der Waals surface area contributed by atoms with Crippen molar-refractivity contribution in [1.29, 1.82) is 0 Å². The molecular formula is C60H109NO8. The van der Waals surface area contributed by atoms with Gasteiger partial charge in [-0.2, -0.15) is 0 Å². The number of ether oxygens (including phenoxy) is 2. The zero-order valence-electron chi connectivity index (χ0n) is 44.6. The minimum absolute atomic E-state index is 0.191. The van der Waals surface area contributed by atoms with Crippen LogP contribution in [-0.4, -0.2) is 87.5 Å². The van der Waals surface area contributed by atoms with E-state index < -0.39 is 49.5 Å². The minimum Gasteiger partial charge on any atom is -0.394 e. The molecule has 0 aromatic heterocycles. The first kappa shape index (κ1) is 64.9. The highest BCUT2D eigenvalue weighted by molar-refractivity contribution is 5.76. The molecule has 9 nitrogen and oxygen atoms in total. The smallest absolute Gasteiger partial charge is 0.220 e. The van der Waals surface area contributed by atoms with Crippen LogP contribution in [0.1, 0.15) is 258 Å². The van der Waals surface area contributed by atoms with Crippen LogP contribution in [0.3, 0.4) is 0 Å². The molecule has 1 heterocycles. The lowest BCUT2D eigenvalue weighted by atomic mass is 9.99. The predicted octanol–water partition coefficient (Wildman–Crippen LogP) is 14.3. The Morgan fingerprint density at radius 3 is 1.35 bits per heavy atom. The molecule has 9 heteroatoms. The van der Waals surface area contributed by atoms with Gasteiger partial charge in [0, 0.05) is 6.42 Å². The number of hydrogen-bond donors (Lipinski definition) is 6. The molecule has 1 rings (SSSR count). The molecule has 0 aromatic rings. The summed E-state index contributed by atoms with van der Waals surface area (Å²) in [6.07, 6.45) is 60.4. The van der Waals surface area contributed by atoms with Crippen LogP contribution in [0.2, 0.25) is 0 Å². The quantitative estimate of drug-likeness (QED) is 0.0261. The lowest BCUT2D eigenvalue weighted by Crippen LogP contribution is -2.60. The highest BCUT2D eigenvalue weighted by Crippen LogP contribution is 2.23. The van der Waals surface area contributed by atoms with Crippen LogP contribution in [0.15, 0.2) is 60.8 Å². The van der Waals surface area contributed by atoms with Crippen LogP contribution in [0.25, 0.3) is 0 Å². The molecule has 7 unspecified atom stereocenters. The van der Waals surface area contributed by atoms with E-state index in [4.69, 9.17) is 9.47 Å². The molecule has 0 aromatic carbocycles. The molecule has 6 N–H and O–H groups in total. The third kappa shape index (κ3) is 39.1. The summed E-state index contributed by atoms with van der Waals surface area (Å²) in [4.78, 5) is 13.0. The summed E-state index contributed by atoms with van der Waals surface area (Å²) >= 11 is 0. The van der Waals surface area contributed by atoms with Gasteiger partial charge in [-0.3, -0.25) is 4.79 Å². The van der Waals surface area contributed by atoms with Crippen molar-refractivity contribution in [2.45, 2.75) is 301 Å². The minimum atomic E-state index is -1.57. The van der Waals surface area contributed by atoms with E-state index in [0.717, 1.165) is 64.2 Å². The average molecular weight is 973 g/mol. The monoisotopic (exact) mass is 972 g/mol. The first-order chi connectivity index (χ1) is 33.8. The SMILES string of the molecule is CCC/C=C/CC/C=C/CC/C=C/C(O)C(COC1OC(CO)C(O)C(O)C1O)NC(=O)CCCCCCCCCCCCCCCCCCCCCCCCC/C=C\C/C=C\CCCCCCC. The van der Waals surface area contributed by atoms with Crippen LogP contribution in [0.5, 0.6) is 0 Å². The maximum atomic E-state index is 13.0. The predicted molar refractivity (Wildman–Crippen MR) is 290 cm³/mol. The fraction of sp³-hybridized carbons (Fsp3) is 0.817. The van der Waals surface area contributed by atoms with Gasteiger partial charge in [0.1, 0.15) is 24.4 Å². The summed E-state index contributed by atoms with van der Waals surface area (Å²) in [5.41, 5.74) is 0. The van der Waals surface area contributed by atoms with Crippen LogP contribution in [0.4, 0.5) is 0 Å². The largest absolute Gasteiger partial charge is 0.394 e. The van der Waals surface area contributed by atoms with Gasteiger partial charge < -0.3 is 40.3 Å². The number of allylic oxidation sites excluding steroid dienone is 9. The molecule has 1 fully saturated rings. The molecular weight excluding hydrogens is 863 g/mol. The molecule has 0 saturated carbocycles. The van der Waals surface area contributed by atoms with E-state index in [1.807, 2.05) is 6.08 Å². The van der Waals surface area contributed by atoms with Gasteiger partial charge in [0.15, 0.2) is 6.29 Å². The Kier molecular flexibility index (Phi) is 46.5. The van der Waals surface area contributed by atoms with Gasteiger partial charge in [-0.05, 0) is 70.6 Å². The van der Waals surface area contributed by atoms with E-state index in [1.54, 1.807) is 6.08 Å². The lowest BCUT2D eigenvalue weighted by molar-refractivity contribution is -0.302. The Labute approximate surface area is 424 Å². The third-order valence-corrected chi connectivity index (χ3v) is 13.5. The van der Waals surface area contributed by atoms with E-state index in [9.17, 15) is 30.3 Å². The number of nitrogens with one attached hydrogen (secondary N) is 1. The van der Waals surface area contributed by atoms with Crippen molar-refractivity contribution in [2.24, 2.45) is 0 Å². The first-order valence-electron chi connectivity index (χ1n) is 29.0. The fourth-order valence-electron chi connectivity index (χ4n) is 8.93. The Morgan fingerprint density at radius 2 is 0.899 bits per heavy atom. The summed E-state index contributed by atoms with van der Waals surface area (Å²) in [5, 5.41) is 54.2. The van der Waals surface area contributed by atoms with E-state index in [-0.39, 0.29) is 12.5 Å². The Bertz CT molecular complexity index is 1270. The maximum Gasteiger partial charge on any atom is 0.220 e. The molecule has 0 radical (unpaired) electrons. The molecule has 1 amide bonds. The summed E-state index contributed by atoms with van der Waals surface area (Å²) < 4.78 is 11.2. The molecule has 1 saturated heterocycles. The van der Waals surface area contributed by atoms with E-state index in [1.165, 1.54) is 173 Å². The number of amides is 1. The number of carbonyl (C=O) groups excluding carboxylic acids is 1. The Balaban J connectivity index is 2.07. The van der Waals surface area contributed by atoms with Crippen molar-refractivity contribution in [3.05, 3.63) is 60.8 Å². The zero-order valence-corrected chi connectivity index (χ0v) is 44.6. The highest BCUT2D eigenvalue weighted by Gasteiger charge is 2.44. The van der Waals surface area contributed by atoms with Crippen molar-refractivity contribution >= 4 is 5.91 Å². The van der Waals surface area contributed by atoms with Gasteiger partial charge in [0.2, 0.25) is 5.91 Å². The molecule has 402 valence electrons. The van der Waals surface area contributed by atoms with E-state index in [2.05, 4.69) is 67.8 Å². The average Bonchev–Trinajstić information content (AvgIpc) is 3.35. The van der Waals surface area contributed by atoms with Crippen LogP contribution < -0.4 is 5.32 Å². The van der Waals surface area contributed by atoms with Gasteiger partial charge in [0.25, 0.3) is 0 Å². The number of aliphatic hydroxyl groups excluding tert-OH is 5. The molecule has 1 aliphatic rings. The zero-order chi connectivity index (χ0) is 50.1. The molecule has 7 atom stereocenters. The summed E-state index contributed by atoms with van der Waals surface area (Å²) in [7, 11) is 0. The molecule has 0 spiro atoms. The normalized spacial score (nSPS) is 19.9. The van der Waals surface area contributed by atoms with Gasteiger partial charge in [-0.25, -0.2) is 0 Å². The molecule has 69 heavy (non-hydrogen) atoms. The first-order valence-corrected chi connectivity index (χ1v) is 29.0. The van der Waals surface area contributed by atoms with Crippen LogP contribution in [0, 0.1) is 0 Å². The molecule has 0 bridgehead atoms. The van der Waals surface area contributed by atoms with E-state index >= 15 is 0 Å². The Hall–Kier alpha value is -2.11. The number of aliphatic hydroxyl groups is 5. The lowest BCUT2D eigenvalue weighted by Gasteiger charge is -2.40. The molecule has 0 aliphatic carbocycles. The van der Waals surface area contributed by atoms with Crippen molar-refractivity contribution in [3.63, 3.8) is 0 Å². The fourth-order valence-corrected chi connectivity index (χ4v) is 8.93. The van der Waals surface area contributed by atoms with Crippen molar-refractivity contribution in [2.75, 3.05) is 13.2 Å². The maximum absolute atomic E-state index is 13.0. The highest BCUT2D eigenvalue weighted by atomic mass is 16.7. The topological polar surface area (TPSA) is 149 Å². The second kappa shape index (κ2) is 49.5. The van der Waals surface area contributed by atoms with Gasteiger partial charge in [0.05, 0.1) is 25.4 Å². The number of carbonyl (C=O) groups is 1. The summed E-state index contributed by atoms with van der Waals surface area (Å²) in [6, 6.07) is -0.827. The second-order valence-electron chi connectivity index (χ2n) is 20.1. The van der Waals surface area contributed by atoms with Crippen molar-refractivity contribution < 1.29 is 39.8 Å². The van der Waals surface area contributed by atoms with Gasteiger partial charge in [-0.1, -0.05) is 242 Å². The Morgan fingerprint density at radius 1 is 0.493 bits per heavy atom. The van der Waals surface area contributed by atoms with Crippen LogP contribution >= 0.6 is 0 Å². The van der Waals surface area contributed by atoms with Gasteiger partial charge in [-0.15, -0.1) is 0 Å². The van der Waals surface area contributed by atoms with Crippen LogP contribution in [-0.2, 0) is 14.3 Å². The summed E-state index contributed by atoms with van der Waals surface area (Å²) in [6.45, 7) is 3.67. The second-order valence-corrected chi connectivity index (χ2v) is 20.1. The van der Waals surface area contributed by atoms with Crippen molar-refractivity contribution in [3.8, 4) is 0 Å². The number of rotatable bonds is 49. The molecule has 1 aliphatic heterocycles. The van der Waals surface area contributed by atoms with Gasteiger partial charge >= 0.3 is 0 Å². The number of hydrogen-bond acceptors (Lipinski definition) is 8. The van der Waals surface area contributed by atoms with E-state index in [0.29, 0.717) is 6.42 Å². The summed E-state index contributed by atoms with van der Waals surface area (Å²) in [5.74, 6) is -0.191. The number of unbranched alkanes of at least 4 members (excludes halogenated alkanes) is 31. The van der Waals surface area contributed by atoms with Crippen molar-refractivity contribution in [1.82, 2.24) is 5.32 Å². The third-order valence-electron chi connectivity index (χ3n) is 13.5. The standard InChI is InChI=1S/C60H109NO8/c1-3-5-7-9-11-13-15-16-17-18-19-20-21-22-23-24-25-26-27-28-29-30-31-32-33-34-35-36-37-38-40-42-44-46-48-50-56(64)61-53(52-68-60-59(67)58(66)57(65)55(51-62)69-60)54(63)49-47-45-43-41-39-14-12-10-8-6-4-2/h8,10,15-16,18-19,39,41,47,49,53-55,57-60,62-63,65-67H,3-7,9,11-14,17,20-38,40,42-46,48,50-52H2,1-2H3,(H,61,64)/b10-8+,16-15-,19-18-,41-39+,49-47+.